The number of ether oxygens (including phenoxy) is 3. The van der Waals surface area contributed by atoms with E-state index in [0.717, 1.165) is 69.5 Å². The molecule has 0 bridgehead atoms. The summed E-state index contributed by atoms with van der Waals surface area (Å²) in [5.74, 6) is 0.837. The van der Waals surface area contributed by atoms with Crippen LogP contribution in [0.2, 0.25) is 25.7 Å². The highest BCUT2D eigenvalue weighted by Crippen LogP contribution is 2.41. The number of carbonyl (C=O) groups excluding carboxylic acids is 3. The first-order valence-electron chi connectivity index (χ1n) is 21.7. The number of carbonyl (C=O) groups is 3. The number of hydrogen-bond donors (Lipinski definition) is 2. The molecule has 16 heteroatoms. The molecule has 15 nitrogen and oxygen atoms in total. The van der Waals surface area contributed by atoms with Crippen LogP contribution in [-0.2, 0) is 25.7 Å². The number of amides is 3. The van der Waals surface area contributed by atoms with Gasteiger partial charge in [0.15, 0.2) is 11.9 Å². The van der Waals surface area contributed by atoms with Gasteiger partial charge in [0.05, 0.1) is 66.4 Å². The molecule has 0 saturated carbocycles. The summed E-state index contributed by atoms with van der Waals surface area (Å²) >= 11 is 0. The summed E-state index contributed by atoms with van der Waals surface area (Å²) in [5.41, 5.74) is 12.3. The summed E-state index contributed by atoms with van der Waals surface area (Å²) in [7, 11) is -0.00527. The Labute approximate surface area is 365 Å². The molecule has 3 amide bonds. The Morgan fingerprint density at radius 2 is 1.66 bits per heavy atom. The molecule has 330 valence electrons. The van der Waals surface area contributed by atoms with Gasteiger partial charge in [0.1, 0.15) is 24.2 Å². The molecular formula is C46H62N9O6Si+. The van der Waals surface area contributed by atoms with E-state index in [4.69, 9.17) is 34.9 Å². The van der Waals surface area contributed by atoms with Crippen molar-refractivity contribution in [2.45, 2.75) is 116 Å². The number of nitrogens with zero attached hydrogens (tertiary/aromatic N) is 7. The number of likely N-dealkylation sites (tertiary alicyclic amines) is 2. The molecule has 0 spiro atoms. The zero-order valence-corrected chi connectivity index (χ0v) is 38.6. The molecule has 2 saturated heterocycles. The van der Waals surface area contributed by atoms with Crippen LogP contribution in [0.3, 0.4) is 0 Å². The highest BCUT2D eigenvalue weighted by atomic mass is 28.3. The van der Waals surface area contributed by atoms with Gasteiger partial charge in [0.2, 0.25) is 0 Å². The molecule has 3 N–H and O–H groups in total. The molecule has 2 aliphatic rings. The number of benzene rings is 2. The van der Waals surface area contributed by atoms with Gasteiger partial charge in [-0.3, -0.25) is 9.88 Å². The largest absolute Gasteiger partial charge is 0.523 e. The van der Waals surface area contributed by atoms with E-state index >= 15 is 0 Å². The normalized spacial score (nSPS) is 20.0. The SMILES string of the molecule is COC(=O)[N+]1(C(=O)[C@@H](N)C(C)C)CCC[C@H]1c1ncc(-c2ccc(-c3cnc4cc(-c5cnc([C@@H]6CCCN6C(=O)OC(C)(C)C)n5COCC[Si](C)(C)C)ccc4n3)cc2)[nH]1. The summed E-state index contributed by atoms with van der Waals surface area (Å²) in [6, 6.07) is 13.4. The van der Waals surface area contributed by atoms with Gasteiger partial charge in [0.25, 0.3) is 0 Å². The zero-order valence-electron chi connectivity index (χ0n) is 37.6. The molecule has 1 unspecified atom stereocenters. The Kier molecular flexibility index (Phi) is 12.9. The highest BCUT2D eigenvalue weighted by molar-refractivity contribution is 6.76. The molecule has 2 aromatic carbocycles. The third kappa shape index (κ3) is 9.24. The molecule has 0 aliphatic carbocycles. The van der Waals surface area contributed by atoms with E-state index in [9.17, 15) is 14.4 Å². The number of quaternary nitrogens is 1. The van der Waals surface area contributed by atoms with Crippen molar-refractivity contribution in [3.05, 3.63) is 72.7 Å². The third-order valence-corrected chi connectivity index (χ3v) is 13.6. The van der Waals surface area contributed by atoms with Crippen molar-refractivity contribution in [1.29, 1.82) is 0 Å². The molecule has 3 aromatic heterocycles. The number of aromatic nitrogens is 6. The van der Waals surface area contributed by atoms with Crippen molar-refractivity contribution in [3.63, 3.8) is 0 Å². The van der Waals surface area contributed by atoms with Crippen LogP contribution in [-0.4, -0.2) is 103 Å². The lowest BCUT2D eigenvalue weighted by molar-refractivity contribution is -0.802. The van der Waals surface area contributed by atoms with Crippen molar-refractivity contribution >= 4 is 37.2 Å². The minimum Gasteiger partial charge on any atom is -0.444 e. The van der Waals surface area contributed by atoms with Crippen molar-refractivity contribution < 1.29 is 33.1 Å². The molecule has 5 aromatic rings. The second-order valence-electron chi connectivity index (χ2n) is 19.2. The Bertz CT molecular complexity index is 2420. The lowest BCUT2D eigenvalue weighted by Gasteiger charge is -2.34. The van der Waals surface area contributed by atoms with Gasteiger partial charge < -0.3 is 29.5 Å². The smallest absolute Gasteiger partial charge is 0.444 e. The maximum Gasteiger partial charge on any atom is 0.523 e. The maximum atomic E-state index is 13.8. The van der Waals surface area contributed by atoms with Crippen molar-refractivity contribution in [2.75, 3.05) is 26.8 Å². The number of nitrogens with one attached hydrogen (secondary N) is 1. The monoisotopic (exact) mass is 864 g/mol. The number of nitrogens with two attached hydrogens (primary N) is 1. The van der Waals surface area contributed by atoms with Crippen LogP contribution >= 0.6 is 0 Å². The summed E-state index contributed by atoms with van der Waals surface area (Å²) < 4.78 is 18.9. The lowest BCUT2D eigenvalue weighted by Crippen LogP contribution is -2.62. The number of aromatic amines is 1. The number of imidazole rings is 2. The summed E-state index contributed by atoms with van der Waals surface area (Å²) in [6.07, 6.45) is 7.31. The van der Waals surface area contributed by atoms with Crippen LogP contribution in [0, 0.1) is 5.92 Å². The van der Waals surface area contributed by atoms with Crippen LogP contribution in [0.4, 0.5) is 9.59 Å². The Hall–Kier alpha value is -5.29. The number of fused-ring (bicyclic) bond motifs is 1. The Morgan fingerprint density at radius 3 is 2.35 bits per heavy atom. The molecule has 2 aliphatic heterocycles. The van der Waals surface area contributed by atoms with E-state index in [1.54, 1.807) is 17.3 Å². The Balaban J connectivity index is 1.12. The Morgan fingerprint density at radius 1 is 0.935 bits per heavy atom. The van der Waals surface area contributed by atoms with E-state index in [-0.39, 0.29) is 24.0 Å². The minimum absolute atomic E-state index is 0.138. The van der Waals surface area contributed by atoms with Crippen LogP contribution < -0.4 is 5.73 Å². The van der Waals surface area contributed by atoms with E-state index in [2.05, 4.69) is 34.2 Å². The van der Waals surface area contributed by atoms with Crippen molar-refractivity contribution in [3.8, 4) is 33.8 Å². The predicted molar refractivity (Wildman–Crippen MR) is 240 cm³/mol. The molecule has 0 radical (unpaired) electrons. The second kappa shape index (κ2) is 17.8. The summed E-state index contributed by atoms with van der Waals surface area (Å²) in [6.45, 7) is 18.3. The second-order valence-corrected chi connectivity index (χ2v) is 24.8. The van der Waals surface area contributed by atoms with Gasteiger partial charge in [-0.1, -0.05) is 63.8 Å². The van der Waals surface area contributed by atoms with E-state index in [1.165, 1.54) is 7.11 Å². The number of methoxy groups -OCH3 is 1. The predicted octanol–water partition coefficient (Wildman–Crippen LogP) is 8.86. The lowest BCUT2D eigenvalue weighted by atomic mass is 10.0. The summed E-state index contributed by atoms with van der Waals surface area (Å²) in [5, 5.41) is 0. The third-order valence-electron chi connectivity index (χ3n) is 11.9. The van der Waals surface area contributed by atoms with Crippen LogP contribution in [0.1, 0.15) is 84.0 Å². The first-order chi connectivity index (χ1) is 29.4. The van der Waals surface area contributed by atoms with Crippen LogP contribution in [0.15, 0.2) is 61.1 Å². The van der Waals surface area contributed by atoms with Crippen molar-refractivity contribution in [2.24, 2.45) is 11.7 Å². The maximum absolute atomic E-state index is 13.8. The molecule has 7 rings (SSSR count). The fraction of sp³-hybridized carbons (Fsp3) is 0.500. The van der Waals surface area contributed by atoms with Gasteiger partial charge >= 0.3 is 18.1 Å². The molecule has 4 atom stereocenters. The van der Waals surface area contributed by atoms with Crippen LogP contribution in [0.5, 0.6) is 0 Å². The first kappa shape index (κ1) is 44.8. The topological polar surface area (TPSA) is 180 Å². The molecular weight excluding hydrogens is 803 g/mol. The van der Waals surface area contributed by atoms with E-state index < -0.39 is 36.3 Å². The number of rotatable bonds is 12. The van der Waals surface area contributed by atoms with E-state index in [1.807, 2.05) is 83.3 Å². The number of hydrogen-bond acceptors (Lipinski definition) is 11. The van der Waals surface area contributed by atoms with Crippen LogP contribution in [0.25, 0.3) is 44.8 Å². The quantitative estimate of drug-likeness (QED) is 0.0695. The zero-order chi connectivity index (χ0) is 44.6. The van der Waals surface area contributed by atoms with E-state index in [0.29, 0.717) is 45.1 Å². The number of H-pyrrole nitrogens is 1. The van der Waals surface area contributed by atoms with Crippen molar-refractivity contribution in [1.82, 2.24) is 34.4 Å². The van der Waals surface area contributed by atoms with Gasteiger partial charge in [-0.15, -0.1) is 4.48 Å². The molecule has 62 heavy (non-hydrogen) atoms. The fourth-order valence-corrected chi connectivity index (χ4v) is 9.21. The van der Waals surface area contributed by atoms with Gasteiger partial charge in [-0.2, -0.15) is 4.79 Å². The minimum atomic E-state index is -1.31. The highest BCUT2D eigenvalue weighted by Gasteiger charge is 2.59. The molecule has 5 heterocycles. The van der Waals surface area contributed by atoms with Gasteiger partial charge in [0, 0.05) is 45.2 Å². The molecule has 2 fully saturated rings. The number of imide groups is 1. The fourth-order valence-electron chi connectivity index (χ4n) is 8.45. The average Bonchev–Trinajstić information content (AvgIpc) is 4.06. The summed E-state index contributed by atoms with van der Waals surface area (Å²) in [4.78, 5) is 65.0. The standard InChI is InChI=1S/C46H62N9O6Si/c1-29(2)40(47)43(56)55(45(58)59-6)21-11-13-39(55)41-49-26-36(52-41)31-16-14-30(15-17-31)35-25-48-34-24-32(18-19-33(34)51-35)38-27-50-42(54(38)28-60-22-23-62(7,8)9)37-12-10-20-53(37)44(57)61-46(3,4)5/h14-19,24-27,29,37,39-40H,10-13,20-23,28,47H2,1-9H3,(H,49,52)/q+1/t37-,39-,40-,55?/m0/s1. The average molecular weight is 865 g/mol. The van der Waals surface area contributed by atoms with Gasteiger partial charge in [-0.05, 0) is 63.3 Å². The first-order valence-corrected chi connectivity index (χ1v) is 25.4. The van der Waals surface area contributed by atoms with Gasteiger partial charge in [-0.25, -0.2) is 24.5 Å².